The van der Waals surface area contributed by atoms with Crippen LogP contribution in [0, 0.1) is 29.4 Å². The lowest BCUT2D eigenvalue weighted by Crippen LogP contribution is -2.29. The number of Topliss-reactive ketones (excluding diaryl/α,β-unsaturated/α-hetero) is 1. The molecule has 0 amide bonds. The van der Waals surface area contributed by atoms with Crippen LogP contribution >= 0.6 is 0 Å². The largest absolute Gasteiger partial charge is 0.503 e. The van der Waals surface area contributed by atoms with Gasteiger partial charge >= 0.3 is 0 Å². The van der Waals surface area contributed by atoms with Crippen molar-refractivity contribution in [3.63, 3.8) is 0 Å². The van der Waals surface area contributed by atoms with Crippen molar-refractivity contribution in [2.45, 2.75) is 71.3 Å². The summed E-state index contributed by atoms with van der Waals surface area (Å²) in [7, 11) is 0. The molecule has 0 unspecified atom stereocenters. The molecule has 2 aliphatic rings. The Morgan fingerprint density at radius 1 is 1.00 bits per heavy atom. The third kappa shape index (κ3) is 4.82. The molecule has 0 bridgehead atoms. The highest BCUT2D eigenvalue weighted by Crippen LogP contribution is 2.40. The molecule has 36 heavy (non-hydrogen) atoms. The molecule has 2 fully saturated rings. The van der Waals surface area contributed by atoms with Crippen molar-refractivity contribution in [3.8, 4) is 16.9 Å². The van der Waals surface area contributed by atoms with E-state index in [1.165, 1.54) is 25.7 Å². The Morgan fingerprint density at radius 2 is 1.67 bits per heavy atom. The maximum Gasteiger partial charge on any atom is 0.187 e. The number of rotatable bonds is 8. The molecular formula is C30H34F2N2O2. The van der Waals surface area contributed by atoms with Gasteiger partial charge in [-0.3, -0.25) is 9.78 Å². The van der Waals surface area contributed by atoms with Crippen molar-refractivity contribution in [2.24, 2.45) is 17.8 Å². The fourth-order valence-corrected chi connectivity index (χ4v) is 5.91. The van der Waals surface area contributed by atoms with Crippen LogP contribution in [0.3, 0.4) is 0 Å². The molecule has 1 aromatic heterocycles. The molecule has 0 radical (unpaired) electrons. The van der Waals surface area contributed by atoms with Crippen molar-refractivity contribution < 1.29 is 18.7 Å². The first kappa shape index (κ1) is 24.7. The molecular weight excluding hydrogens is 458 g/mol. The highest BCUT2D eigenvalue weighted by molar-refractivity contribution is 6.10. The second kappa shape index (κ2) is 10.2. The Kier molecular flexibility index (Phi) is 6.96. The zero-order valence-electron chi connectivity index (χ0n) is 21.0. The number of nitrogens with zero attached hydrogens (tertiary/aromatic N) is 1. The molecule has 1 heterocycles. The number of benzene rings is 2. The van der Waals surface area contributed by atoms with Gasteiger partial charge in [0.25, 0.3) is 0 Å². The zero-order valence-corrected chi connectivity index (χ0v) is 21.0. The molecule has 2 N–H and O–H groups in total. The number of anilines is 1. The first-order valence-corrected chi connectivity index (χ1v) is 13.3. The van der Waals surface area contributed by atoms with E-state index in [-0.39, 0.29) is 17.7 Å². The molecule has 0 saturated heterocycles. The fourth-order valence-electron chi connectivity index (χ4n) is 5.91. The van der Waals surface area contributed by atoms with Crippen molar-refractivity contribution >= 4 is 22.4 Å². The number of phenols is 1. The van der Waals surface area contributed by atoms with E-state index in [0.29, 0.717) is 16.7 Å². The molecule has 2 saturated carbocycles. The second-order valence-corrected chi connectivity index (χ2v) is 10.5. The molecule has 3 aromatic rings. The average molecular weight is 493 g/mol. The zero-order chi connectivity index (χ0) is 25.4. The summed E-state index contributed by atoms with van der Waals surface area (Å²) < 4.78 is 28.1. The van der Waals surface area contributed by atoms with Crippen LogP contribution < -0.4 is 5.32 Å². The number of nitrogens with one attached hydrogen (secondary N) is 1. The summed E-state index contributed by atoms with van der Waals surface area (Å²) in [5.41, 5.74) is 3.02. The van der Waals surface area contributed by atoms with Crippen LogP contribution in [0.25, 0.3) is 22.0 Å². The maximum absolute atomic E-state index is 14.1. The van der Waals surface area contributed by atoms with Gasteiger partial charge in [-0.05, 0) is 85.8 Å². The van der Waals surface area contributed by atoms with E-state index in [1.807, 2.05) is 12.1 Å². The van der Waals surface area contributed by atoms with Gasteiger partial charge in [-0.15, -0.1) is 0 Å². The van der Waals surface area contributed by atoms with Gasteiger partial charge in [0.05, 0.1) is 16.8 Å². The van der Waals surface area contributed by atoms with Crippen LogP contribution in [0.2, 0.25) is 0 Å². The van der Waals surface area contributed by atoms with Crippen LogP contribution in [0.15, 0.2) is 36.5 Å². The van der Waals surface area contributed by atoms with Crippen LogP contribution in [-0.4, -0.2) is 21.9 Å². The summed E-state index contributed by atoms with van der Waals surface area (Å²) in [6.45, 7) is 4.56. The van der Waals surface area contributed by atoms with Crippen LogP contribution in [-0.2, 0) is 0 Å². The number of hydrogen-bond donors (Lipinski definition) is 2. The number of hydrogen-bond acceptors (Lipinski definition) is 4. The number of fused-ring (bicyclic) bond motifs is 1. The molecule has 0 aliphatic heterocycles. The molecule has 190 valence electrons. The number of carbonyl (C=O) groups is 1. The molecule has 5 rings (SSSR count). The summed E-state index contributed by atoms with van der Waals surface area (Å²) in [5, 5.41) is 14.0. The first-order chi connectivity index (χ1) is 17.4. The van der Waals surface area contributed by atoms with Crippen molar-refractivity contribution in [1.29, 1.82) is 0 Å². The van der Waals surface area contributed by atoms with Gasteiger partial charge in [0.1, 0.15) is 0 Å². The van der Waals surface area contributed by atoms with E-state index in [1.54, 1.807) is 12.3 Å². The highest BCUT2D eigenvalue weighted by Gasteiger charge is 2.33. The van der Waals surface area contributed by atoms with Crippen molar-refractivity contribution in [3.05, 3.63) is 53.7 Å². The number of aromatic hydroxyl groups is 1. The molecule has 4 nitrogen and oxygen atoms in total. The lowest BCUT2D eigenvalue weighted by Gasteiger charge is -2.34. The van der Waals surface area contributed by atoms with Gasteiger partial charge < -0.3 is 10.4 Å². The Balaban J connectivity index is 1.51. The van der Waals surface area contributed by atoms with Crippen LogP contribution in [0.5, 0.6) is 5.75 Å². The Morgan fingerprint density at radius 3 is 2.28 bits per heavy atom. The summed E-state index contributed by atoms with van der Waals surface area (Å²) in [4.78, 5) is 17.8. The summed E-state index contributed by atoms with van der Waals surface area (Å²) in [6.07, 6.45) is 10.4. The lowest BCUT2D eigenvalue weighted by molar-refractivity contribution is 0.0968. The Hall–Kier alpha value is -3.02. The fraction of sp³-hybridized carbons (Fsp3) is 0.467. The molecule has 2 aliphatic carbocycles. The minimum Gasteiger partial charge on any atom is -0.503 e. The van der Waals surface area contributed by atoms with Gasteiger partial charge in [-0.1, -0.05) is 32.8 Å². The number of ketones is 1. The minimum atomic E-state index is -1.01. The number of aromatic nitrogens is 1. The molecule has 6 heteroatoms. The van der Waals surface area contributed by atoms with Gasteiger partial charge in [-0.2, -0.15) is 0 Å². The molecule has 0 atom stereocenters. The number of phenolic OH excluding ortho intramolecular Hbond substituents is 1. The predicted molar refractivity (Wildman–Crippen MR) is 139 cm³/mol. The monoisotopic (exact) mass is 492 g/mol. The standard InChI is InChI=1S/C30H34F2N2O2/c1-3-17(4-2)18-7-10-22(11-8-18)34-28-23-13-20(21-14-25(31)30(36)26(32)15-21)9-12-27(23)33-16-24(28)29(35)19-5-6-19/h9,12-19,22,36H,3-8,10-11H2,1-2H3,(H,33,34). The molecule has 2 aromatic carbocycles. The van der Waals surface area contributed by atoms with E-state index in [2.05, 4.69) is 24.1 Å². The van der Waals surface area contributed by atoms with Gasteiger partial charge in [0, 0.05) is 23.5 Å². The van der Waals surface area contributed by atoms with Gasteiger partial charge in [0.15, 0.2) is 23.2 Å². The summed E-state index contributed by atoms with van der Waals surface area (Å²) in [6, 6.07) is 7.92. The number of carbonyl (C=O) groups excluding carboxylic acids is 1. The van der Waals surface area contributed by atoms with E-state index in [9.17, 15) is 18.7 Å². The molecule has 0 spiro atoms. The van der Waals surface area contributed by atoms with E-state index in [4.69, 9.17) is 0 Å². The number of halogens is 2. The third-order valence-corrected chi connectivity index (χ3v) is 8.27. The quantitative estimate of drug-likeness (QED) is 0.314. The minimum absolute atomic E-state index is 0.0545. The topological polar surface area (TPSA) is 62.2 Å². The maximum atomic E-state index is 14.1. The van der Waals surface area contributed by atoms with E-state index < -0.39 is 17.4 Å². The average Bonchev–Trinajstić information content (AvgIpc) is 3.74. The predicted octanol–water partition coefficient (Wildman–Crippen LogP) is 7.89. The van der Waals surface area contributed by atoms with Crippen molar-refractivity contribution in [1.82, 2.24) is 4.98 Å². The third-order valence-electron chi connectivity index (χ3n) is 8.27. The second-order valence-electron chi connectivity index (χ2n) is 10.5. The smallest absolute Gasteiger partial charge is 0.187 e. The van der Waals surface area contributed by atoms with Crippen LogP contribution in [0.1, 0.15) is 75.6 Å². The Labute approximate surface area is 211 Å². The normalized spacial score (nSPS) is 20.1. The Bertz CT molecular complexity index is 1250. The van der Waals surface area contributed by atoms with Gasteiger partial charge in [0.2, 0.25) is 0 Å². The first-order valence-electron chi connectivity index (χ1n) is 13.3. The van der Waals surface area contributed by atoms with Crippen molar-refractivity contribution in [2.75, 3.05) is 5.32 Å². The SMILES string of the molecule is CCC(CC)C1CCC(Nc2c(C(=O)C3CC3)cnc3ccc(-c4cc(F)c(O)c(F)c4)cc23)CC1. The van der Waals surface area contributed by atoms with Crippen LogP contribution in [0.4, 0.5) is 14.5 Å². The highest BCUT2D eigenvalue weighted by atomic mass is 19.1. The summed E-state index contributed by atoms with van der Waals surface area (Å²) >= 11 is 0. The van der Waals surface area contributed by atoms with Gasteiger partial charge in [-0.25, -0.2) is 8.78 Å². The van der Waals surface area contributed by atoms with E-state index in [0.717, 1.165) is 66.2 Å². The lowest BCUT2D eigenvalue weighted by atomic mass is 9.76. The summed E-state index contributed by atoms with van der Waals surface area (Å²) in [5.74, 6) is -1.30. The van der Waals surface area contributed by atoms with E-state index >= 15 is 0 Å². The number of pyridine rings is 1.